The van der Waals surface area contributed by atoms with Gasteiger partial charge in [0.15, 0.2) is 0 Å². The van der Waals surface area contributed by atoms with Crippen molar-refractivity contribution in [1.82, 2.24) is 15.0 Å². The summed E-state index contributed by atoms with van der Waals surface area (Å²) in [5, 5.41) is 11.5. The Bertz CT molecular complexity index is 270. The highest BCUT2D eigenvalue weighted by atomic mass is 16.5. The topological polar surface area (TPSA) is 80.2 Å². The molecular formula is C8H14N4O2. The van der Waals surface area contributed by atoms with Gasteiger partial charge in [0.1, 0.15) is 5.82 Å². The van der Waals surface area contributed by atoms with Crippen molar-refractivity contribution in [1.29, 1.82) is 0 Å². The van der Waals surface area contributed by atoms with E-state index < -0.39 is 0 Å². The third-order valence-corrected chi connectivity index (χ3v) is 1.55. The SMILES string of the molecule is CCc1nc(NCCO)nc(OC)n1. The number of hydrogen-bond acceptors (Lipinski definition) is 6. The molecule has 0 fully saturated rings. The molecule has 1 aromatic heterocycles. The second-order valence-corrected chi connectivity index (χ2v) is 2.57. The predicted molar refractivity (Wildman–Crippen MR) is 51.3 cm³/mol. The molecule has 1 aromatic rings. The van der Waals surface area contributed by atoms with Crippen LogP contribution in [-0.2, 0) is 6.42 Å². The fraction of sp³-hybridized carbons (Fsp3) is 0.625. The molecule has 6 nitrogen and oxygen atoms in total. The molecule has 1 heterocycles. The molecule has 0 saturated heterocycles. The maximum absolute atomic E-state index is 8.62. The Kier molecular flexibility index (Phi) is 4.06. The molecule has 0 unspecified atom stereocenters. The number of aromatic nitrogens is 3. The van der Waals surface area contributed by atoms with Crippen molar-refractivity contribution < 1.29 is 9.84 Å². The molecule has 0 aromatic carbocycles. The van der Waals surface area contributed by atoms with E-state index in [1.165, 1.54) is 7.11 Å². The van der Waals surface area contributed by atoms with Crippen molar-refractivity contribution in [2.45, 2.75) is 13.3 Å². The van der Waals surface area contributed by atoms with Gasteiger partial charge in [0.05, 0.1) is 13.7 Å². The zero-order chi connectivity index (χ0) is 10.4. The summed E-state index contributed by atoms with van der Waals surface area (Å²) in [4.78, 5) is 12.1. The predicted octanol–water partition coefficient (Wildman–Crippen LogP) is -0.153. The van der Waals surface area contributed by atoms with Crippen LogP contribution in [0.3, 0.4) is 0 Å². The lowest BCUT2D eigenvalue weighted by Crippen LogP contribution is -2.11. The molecular weight excluding hydrogens is 184 g/mol. The van der Waals surface area contributed by atoms with E-state index in [2.05, 4.69) is 20.3 Å². The number of ether oxygens (including phenoxy) is 1. The second-order valence-electron chi connectivity index (χ2n) is 2.57. The third kappa shape index (κ3) is 2.81. The van der Waals surface area contributed by atoms with E-state index in [-0.39, 0.29) is 12.6 Å². The maximum atomic E-state index is 8.62. The lowest BCUT2D eigenvalue weighted by molar-refractivity contribution is 0.310. The van der Waals surface area contributed by atoms with Crippen LogP contribution in [0.5, 0.6) is 6.01 Å². The number of nitrogens with zero attached hydrogens (tertiary/aromatic N) is 3. The minimum Gasteiger partial charge on any atom is -0.467 e. The Balaban J connectivity index is 2.81. The van der Waals surface area contributed by atoms with Gasteiger partial charge in [-0.3, -0.25) is 0 Å². The summed E-state index contributed by atoms with van der Waals surface area (Å²) in [6.07, 6.45) is 0.715. The normalized spacial score (nSPS) is 9.93. The fourth-order valence-electron chi connectivity index (χ4n) is 0.894. The summed E-state index contributed by atoms with van der Waals surface area (Å²) in [5.74, 6) is 1.10. The molecule has 78 valence electrons. The quantitative estimate of drug-likeness (QED) is 0.684. The molecule has 2 N–H and O–H groups in total. The van der Waals surface area contributed by atoms with Gasteiger partial charge < -0.3 is 15.2 Å². The van der Waals surface area contributed by atoms with Gasteiger partial charge in [-0.2, -0.15) is 15.0 Å². The van der Waals surface area contributed by atoms with Gasteiger partial charge in [-0.1, -0.05) is 6.92 Å². The number of nitrogens with one attached hydrogen (secondary N) is 1. The first-order valence-electron chi connectivity index (χ1n) is 4.43. The van der Waals surface area contributed by atoms with Crippen LogP contribution < -0.4 is 10.1 Å². The van der Waals surface area contributed by atoms with Crippen molar-refractivity contribution in [2.75, 3.05) is 25.6 Å². The Morgan fingerprint density at radius 2 is 2.14 bits per heavy atom. The number of aliphatic hydroxyl groups excluding tert-OH is 1. The van der Waals surface area contributed by atoms with E-state index in [1.807, 2.05) is 6.92 Å². The van der Waals surface area contributed by atoms with Crippen LogP contribution in [0.2, 0.25) is 0 Å². The van der Waals surface area contributed by atoms with Gasteiger partial charge in [-0.05, 0) is 0 Å². The van der Waals surface area contributed by atoms with Gasteiger partial charge in [-0.15, -0.1) is 0 Å². The summed E-state index contributed by atoms with van der Waals surface area (Å²) in [6, 6.07) is 0.289. The fourth-order valence-corrected chi connectivity index (χ4v) is 0.894. The van der Waals surface area contributed by atoms with Crippen LogP contribution >= 0.6 is 0 Å². The largest absolute Gasteiger partial charge is 0.467 e. The number of aliphatic hydroxyl groups is 1. The van der Waals surface area contributed by atoms with Crippen LogP contribution in [0.1, 0.15) is 12.7 Å². The summed E-state index contributed by atoms with van der Waals surface area (Å²) >= 11 is 0. The van der Waals surface area contributed by atoms with E-state index in [0.29, 0.717) is 24.7 Å². The summed E-state index contributed by atoms with van der Waals surface area (Å²) in [5.41, 5.74) is 0. The first-order valence-corrected chi connectivity index (χ1v) is 4.43. The number of hydrogen-bond donors (Lipinski definition) is 2. The van der Waals surface area contributed by atoms with Crippen LogP contribution in [-0.4, -0.2) is 40.3 Å². The molecule has 6 heteroatoms. The molecule has 0 spiro atoms. The lowest BCUT2D eigenvalue weighted by Gasteiger charge is -2.05. The van der Waals surface area contributed by atoms with Crippen molar-refractivity contribution in [3.05, 3.63) is 5.82 Å². The Morgan fingerprint density at radius 1 is 1.36 bits per heavy atom. The van der Waals surface area contributed by atoms with E-state index in [4.69, 9.17) is 9.84 Å². The third-order valence-electron chi connectivity index (χ3n) is 1.55. The molecule has 0 aliphatic heterocycles. The molecule has 1 rings (SSSR count). The van der Waals surface area contributed by atoms with Gasteiger partial charge in [0, 0.05) is 13.0 Å². The highest BCUT2D eigenvalue weighted by Gasteiger charge is 2.04. The molecule has 0 bridgehead atoms. The Hall–Kier alpha value is -1.43. The molecule has 0 radical (unpaired) electrons. The van der Waals surface area contributed by atoms with Gasteiger partial charge in [0.2, 0.25) is 5.95 Å². The number of methoxy groups -OCH3 is 1. The zero-order valence-electron chi connectivity index (χ0n) is 8.32. The van der Waals surface area contributed by atoms with Gasteiger partial charge in [-0.25, -0.2) is 0 Å². The molecule has 0 aliphatic carbocycles. The molecule has 14 heavy (non-hydrogen) atoms. The van der Waals surface area contributed by atoms with Gasteiger partial charge in [0.25, 0.3) is 0 Å². The van der Waals surface area contributed by atoms with Crippen LogP contribution in [0, 0.1) is 0 Å². The highest BCUT2D eigenvalue weighted by Crippen LogP contribution is 2.06. The second kappa shape index (κ2) is 5.33. The zero-order valence-corrected chi connectivity index (χ0v) is 8.32. The van der Waals surface area contributed by atoms with Crippen LogP contribution in [0.4, 0.5) is 5.95 Å². The molecule has 0 atom stereocenters. The number of aryl methyl sites for hydroxylation is 1. The summed E-state index contributed by atoms with van der Waals surface area (Å²) < 4.78 is 4.91. The van der Waals surface area contributed by atoms with Crippen molar-refractivity contribution >= 4 is 5.95 Å². The minimum atomic E-state index is 0.0372. The molecule has 0 amide bonds. The van der Waals surface area contributed by atoms with Crippen molar-refractivity contribution in [3.8, 4) is 6.01 Å². The Labute approximate surface area is 82.4 Å². The average molecular weight is 198 g/mol. The van der Waals surface area contributed by atoms with Crippen LogP contribution in [0.15, 0.2) is 0 Å². The van der Waals surface area contributed by atoms with E-state index >= 15 is 0 Å². The maximum Gasteiger partial charge on any atom is 0.321 e. The number of rotatable bonds is 5. The lowest BCUT2D eigenvalue weighted by atomic mass is 10.4. The molecule has 0 saturated carbocycles. The minimum absolute atomic E-state index is 0.0372. The van der Waals surface area contributed by atoms with Crippen LogP contribution in [0.25, 0.3) is 0 Å². The van der Waals surface area contributed by atoms with E-state index in [0.717, 1.165) is 0 Å². The van der Waals surface area contributed by atoms with Gasteiger partial charge >= 0.3 is 6.01 Å². The Morgan fingerprint density at radius 3 is 2.71 bits per heavy atom. The average Bonchev–Trinajstić information content (AvgIpc) is 2.25. The highest BCUT2D eigenvalue weighted by molar-refractivity contribution is 5.25. The van der Waals surface area contributed by atoms with Crippen molar-refractivity contribution in [3.63, 3.8) is 0 Å². The first kappa shape index (κ1) is 10.6. The monoisotopic (exact) mass is 198 g/mol. The smallest absolute Gasteiger partial charge is 0.321 e. The van der Waals surface area contributed by atoms with E-state index in [9.17, 15) is 0 Å². The molecule has 0 aliphatic rings. The van der Waals surface area contributed by atoms with Crippen molar-refractivity contribution in [2.24, 2.45) is 0 Å². The summed E-state index contributed by atoms with van der Waals surface area (Å²) in [7, 11) is 1.50. The summed E-state index contributed by atoms with van der Waals surface area (Å²) in [6.45, 7) is 2.40. The standard InChI is InChI=1S/C8H14N4O2/c1-3-6-10-7(9-4-5-13)12-8(11-6)14-2/h13H,3-5H2,1-2H3,(H,9,10,11,12). The first-order chi connectivity index (χ1) is 6.80. The number of anilines is 1. The van der Waals surface area contributed by atoms with E-state index in [1.54, 1.807) is 0 Å².